The van der Waals surface area contributed by atoms with Crippen molar-refractivity contribution in [1.29, 1.82) is 0 Å². The van der Waals surface area contributed by atoms with Crippen molar-refractivity contribution in [2.45, 2.75) is 92.4 Å². The molecule has 4 heteroatoms. The lowest BCUT2D eigenvalue weighted by molar-refractivity contribution is 0.590. The maximum atomic E-state index is 2.59. The summed E-state index contributed by atoms with van der Waals surface area (Å²) in [6.45, 7) is 25.2. The summed E-state index contributed by atoms with van der Waals surface area (Å²) in [6.07, 6.45) is 0. The summed E-state index contributed by atoms with van der Waals surface area (Å²) < 4.78 is 0. The van der Waals surface area contributed by atoms with Crippen LogP contribution in [0, 0.1) is 13.8 Å². The van der Waals surface area contributed by atoms with Gasteiger partial charge in [0.25, 0.3) is 6.71 Å². The summed E-state index contributed by atoms with van der Waals surface area (Å²) in [5.74, 6) is 0. The van der Waals surface area contributed by atoms with Gasteiger partial charge in [0.05, 0.1) is 11.4 Å². The molecule has 2 aliphatic heterocycles. The average Bonchev–Trinajstić information content (AvgIpc) is 3.26. The highest BCUT2D eigenvalue weighted by molar-refractivity contribution is 7.00. The Bertz CT molecular complexity index is 3020. The van der Waals surface area contributed by atoms with Gasteiger partial charge in [0.2, 0.25) is 0 Å². The molecule has 8 aromatic carbocycles. The van der Waals surface area contributed by atoms with Gasteiger partial charge in [-0.05, 0) is 135 Å². The first-order chi connectivity index (χ1) is 30.5. The number of benzene rings is 8. The van der Waals surface area contributed by atoms with Crippen LogP contribution in [0.25, 0.3) is 10.8 Å². The topological polar surface area (TPSA) is 9.72 Å². The van der Waals surface area contributed by atoms with Gasteiger partial charge in [-0.3, -0.25) is 0 Å². The number of fused-ring (bicyclic) bond motifs is 5. The Morgan fingerprint density at radius 3 is 1.39 bits per heavy atom. The summed E-state index contributed by atoms with van der Waals surface area (Å²) in [4.78, 5) is 7.60. The van der Waals surface area contributed by atoms with Crippen LogP contribution in [0.1, 0.15) is 90.1 Å². The van der Waals surface area contributed by atoms with Crippen molar-refractivity contribution in [1.82, 2.24) is 0 Å². The first-order valence-corrected chi connectivity index (χ1v) is 23.0. The van der Waals surface area contributed by atoms with Crippen LogP contribution >= 0.6 is 0 Å². The SMILES string of the molecule is Cc1ccc(N(c2ccc(C)cc2)c2cc3c4c(c2)N(c2cccc5ccccc25)c2ccc(C(C)(C)C)cc2B4c2cc(C(C)(C)C)ccc2N3c2ccc(C(C)(C)C)cc2)cc1. The lowest BCUT2D eigenvalue weighted by Gasteiger charge is -2.46. The largest absolute Gasteiger partial charge is 0.311 e. The highest BCUT2D eigenvalue weighted by atomic mass is 15.2. The van der Waals surface area contributed by atoms with E-state index in [9.17, 15) is 0 Å². The highest BCUT2D eigenvalue weighted by Crippen LogP contribution is 2.50. The van der Waals surface area contributed by atoms with Crippen molar-refractivity contribution >= 4 is 85.1 Å². The molecule has 0 atom stereocenters. The second-order valence-corrected chi connectivity index (χ2v) is 21.4. The molecular formula is C60H60BN3. The van der Waals surface area contributed by atoms with Gasteiger partial charge < -0.3 is 14.7 Å². The van der Waals surface area contributed by atoms with E-state index >= 15 is 0 Å². The monoisotopic (exact) mass is 833 g/mol. The molecule has 0 aliphatic carbocycles. The van der Waals surface area contributed by atoms with Crippen LogP contribution in [0.2, 0.25) is 0 Å². The van der Waals surface area contributed by atoms with Crippen molar-refractivity contribution in [2.24, 2.45) is 0 Å². The molecular weight excluding hydrogens is 773 g/mol. The summed E-state index contributed by atoms with van der Waals surface area (Å²) >= 11 is 0. The number of anilines is 9. The lowest BCUT2D eigenvalue weighted by Crippen LogP contribution is -2.61. The van der Waals surface area contributed by atoms with Crippen molar-refractivity contribution in [3.8, 4) is 0 Å². The van der Waals surface area contributed by atoms with E-state index in [1.54, 1.807) is 0 Å². The van der Waals surface area contributed by atoms with Crippen LogP contribution in [-0.4, -0.2) is 6.71 Å². The molecule has 0 spiro atoms. The summed E-state index contributed by atoms with van der Waals surface area (Å²) in [6, 6.07) is 62.5. The van der Waals surface area contributed by atoms with Gasteiger partial charge in [-0.15, -0.1) is 0 Å². The Kier molecular flexibility index (Phi) is 9.76. The van der Waals surface area contributed by atoms with E-state index in [0.29, 0.717) is 0 Å². The molecule has 0 N–H and O–H groups in total. The molecule has 0 unspecified atom stereocenters. The Hall–Kier alpha value is -6.52. The van der Waals surface area contributed by atoms with Gasteiger partial charge in [-0.1, -0.05) is 171 Å². The maximum Gasteiger partial charge on any atom is 0.252 e. The molecule has 0 aromatic heterocycles. The molecule has 318 valence electrons. The fraction of sp³-hybridized carbons (Fsp3) is 0.233. The predicted octanol–water partition coefficient (Wildman–Crippen LogP) is 14.9. The summed E-state index contributed by atoms with van der Waals surface area (Å²) in [5, 5.41) is 2.45. The Morgan fingerprint density at radius 1 is 0.391 bits per heavy atom. The number of rotatable bonds is 5. The summed E-state index contributed by atoms with van der Waals surface area (Å²) in [5.41, 5.74) is 20.9. The van der Waals surface area contributed by atoms with Crippen molar-refractivity contribution < 1.29 is 0 Å². The Balaban J connectivity index is 1.37. The van der Waals surface area contributed by atoms with Gasteiger partial charge in [0.1, 0.15) is 0 Å². The van der Waals surface area contributed by atoms with Gasteiger partial charge in [0.15, 0.2) is 0 Å². The third kappa shape index (κ3) is 7.08. The molecule has 0 bridgehead atoms. The van der Waals surface area contributed by atoms with E-state index in [0.717, 1.165) is 22.7 Å². The Labute approximate surface area is 382 Å². The van der Waals surface area contributed by atoms with E-state index in [2.05, 4.69) is 255 Å². The van der Waals surface area contributed by atoms with E-state index in [4.69, 9.17) is 0 Å². The smallest absolute Gasteiger partial charge is 0.252 e. The number of aryl methyl sites for hydroxylation is 2. The maximum absolute atomic E-state index is 2.59. The van der Waals surface area contributed by atoms with Crippen LogP contribution in [0.4, 0.5) is 51.2 Å². The minimum Gasteiger partial charge on any atom is -0.311 e. The van der Waals surface area contributed by atoms with Crippen LogP contribution in [0.5, 0.6) is 0 Å². The van der Waals surface area contributed by atoms with Crippen molar-refractivity contribution in [2.75, 3.05) is 14.7 Å². The molecule has 0 saturated heterocycles. The minimum absolute atomic E-state index is 0.0165. The number of hydrogen-bond donors (Lipinski definition) is 0. The van der Waals surface area contributed by atoms with Gasteiger partial charge in [-0.25, -0.2) is 0 Å². The molecule has 10 rings (SSSR count). The predicted molar refractivity (Wildman–Crippen MR) is 278 cm³/mol. The van der Waals surface area contributed by atoms with Gasteiger partial charge in [0, 0.05) is 45.2 Å². The molecule has 0 saturated carbocycles. The molecule has 0 amide bonds. The first kappa shape index (κ1) is 41.5. The molecule has 2 aliphatic rings. The third-order valence-electron chi connectivity index (χ3n) is 13.6. The fourth-order valence-corrected chi connectivity index (χ4v) is 9.94. The standard InChI is InChI=1S/C60H60BN3/c1-39-19-27-45(28-20-39)62(46-29-21-40(2)22-30-46)48-37-55-57-56(38-48)64(52-18-14-16-41-15-12-13-17-49(41)52)54-34-26-44(60(9,10)11)36-51(54)61(57)50-35-43(59(6,7)8)25-33-53(50)63(55)47-31-23-42(24-32-47)58(3,4)5/h12-38H,1-11H3. The zero-order valence-corrected chi connectivity index (χ0v) is 39.5. The quantitative estimate of drug-likeness (QED) is 0.160. The van der Waals surface area contributed by atoms with Gasteiger partial charge in [-0.2, -0.15) is 0 Å². The van der Waals surface area contributed by atoms with Crippen LogP contribution in [0.3, 0.4) is 0 Å². The third-order valence-corrected chi connectivity index (χ3v) is 13.6. The van der Waals surface area contributed by atoms with E-state index < -0.39 is 0 Å². The Morgan fingerprint density at radius 2 is 0.859 bits per heavy atom. The molecule has 0 radical (unpaired) electrons. The minimum atomic E-state index is -0.0412. The zero-order valence-electron chi connectivity index (χ0n) is 39.5. The average molecular weight is 834 g/mol. The molecule has 0 fully saturated rings. The second kappa shape index (κ2) is 15.1. The molecule has 2 heterocycles. The highest BCUT2D eigenvalue weighted by Gasteiger charge is 2.45. The number of nitrogens with zero attached hydrogens (tertiary/aromatic N) is 3. The van der Waals surface area contributed by atoms with Crippen LogP contribution in [0.15, 0.2) is 164 Å². The normalized spacial score (nSPS) is 13.5. The first-order valence-electron chi connectivity index (χ1n) is 23.0. The summed E-state index contributed by atoms with van der Waals surface area (Å²) in [7, 11) is 0. The lowest BCUT2D eigenvalue weighted by atomic mass is 9.33. The van der Waals surface area contributed by atoms with Crippen molar-refractivity contribution in [3.05, 3.63) is 192 Å². The second-order valence-electron chi connectivity index (χ2n) is 21.4. The number of hydrogen-bond acceptors (Lipinski definition) is 3. The van der Waals surface area contributed by atoms with Gasteiger partial charge >= 0.3 is 0 Å². The fourth-order valence-electron chi connectivity index (χ4n) is 9.94. The van der Waals surface area contributed by atoms with Crippen molar-refractivity contribution in [3.63, 3.8) is 0 Å². The van der Waals surface area contributed by atoms with Crippen LogP contribution < -0.4 is 31.1 Å². The van der Waals surface area contributed by atoms with E-state index in [1.165, 1.54) is 83.4 Å². The zero-order chi connectivity index (χ0) is 44.9. The molecule has 8 aromatic rings. The van der Waals surface area contributed by atoms with Crippen LogP contribution in [-0.2, 0) is 16.2 Å². The van der Waals surface area contributed by atoms with E-state index in [-0.39, 0.29) is 23.0 Å². The van der Waals surface area contributed by atoms with E-state index in [1.807, 2.05) is 0 Å². The molecule has 3 nitrogen and oxygen atoms in total. The molecule has 64 heavy (non-hydrogen) atoms.